The maximum atomic E-state index is 11.6. The lowest BCUT2D eigenvalue weighted by Gasteiger charge is -2.13. The van der Waals surface area contributed by atoms with E-state index in [1.54, 1.807) is 12.3 Å². The smallest absolute Gasteiger partial charge is 0.307 e. The fourth-order valence-electron chi connectivity index (χ4n) is 1.18. The molecule has 1 rings (SSSR count). The maximum absolute atomic E-state index is 11.6. The first-order valence-electron chi connectivity index (χ1n) is 4.84. The molecule has 3 nitrogen and oxygen atoms in total. The second-order valence-electron chi connectivity index (χ2n) is 3.22. The molecule has 0 bridgehead atoms. The van der Waals surface area contributed by atoms with Crippen LogP contribution in [-0.2, 0) is 4.74 Å². The van der Waals surface area contributed by atoms with Gasteiger partial charge in [-0.1, -0.05) is 6.07 Å². The van der Waals surface area contributed by atoms with Gasteiger partial charge in [-0.2, -0.15) is 0 Å². The van der Waals surface area contributed by atoms with Gasteiger partial charge in [-0.05, 0) is 19.1 Å². The summed E-state index contributed by atoms with van der Waals surface area (Å²) in [5.41, 5.74) is 0.787. The van der Waals surface area contributed by atoms with Gasteiger partial charge in [0.25, 0.3) is 0 Å². The van der Waals surface area contributed by atoms with Crippen molar-refractivity contribution in [3.63, 3.8) is 0 Å². The Morgan fingerprint density at radius 1 is 1.44 bits per heavy atom. The number of nitrogens with one attached hydrogen (secondary N) is 1. The second-order valence-corrected chi connectivity index (χ2v) is 3.22. The molecule has 16 heavy (non-hydrogen) atoms. The summed E-state index contributed by atoms with van der Waals surface area (Å²) in [5, 5.41) is 2.88. The van der Waals surface area contributed by atoms with E-state index in [0.29, 0.717) is 0 Å². The van der Waals surface area contributed by atoms with Gasteiger partial charge in [0.2, 0.25) is 0 Å². The first-order chi connectivity index (χ1) is 7.49. The molecule has 0 fully saturated rings. The molecule has 1 atom stereocenters. The maximum Gasteiger partial charge on any atom is 0.522 e. The van der Waals surface area contributed by atoms with Crippen molar-refractivity contribution in [3.8, 4) is 0 Å². The highest BCUT2D eigenvalue weighted by Gasteiger charge is 2.28. The van der Waals surface area contributed by atoms with Crippen molar-refractivity contribution in [2.24, 2.45) is 0 Å². The molecule has 0 radical (unpaired) electrons. The third-order valence-corrected chi connectivity index (χ3v) is 1.95. The van der Waals surface area contributed by atoms with Gasteiger partial charge in [0.05, 0.1) is 12.3 Å². The number of alkyl halides is 3. The van der Waals surface area contributed by atoms with E-state index < -0.39 is 13.0 Å². The lowest BCUT2D eigenvalue weighted by molar-refractivity contribution is -0.323. The summed E-state index contributed by atoms with van der Waals surface area (Å²) in [7, 11) is 0. The first kappa shape index (κ1) is 12.9. The third-order valence-electron chi connectivity index (χ3n) is 1.95. The molecule has 0 spiro atoms. The monoisotopic (exact) mass is 234 g/mol. The van der Waals surface area contributed by atoms with Crippen LogP contribution in [0.5, 0.6) is 0 Å². The number of pyridine rings is 1. The lowest BCUT2D eigenvalue weighted by atomic mass is 10.2. The molecular formula is C10H13F3N2O. The Hall–Kier alpha value is -1.14. The zero-order valence-electron chi connectivity index (χ0n) is 8.79. The van der Waals surface area contributed by atoms with E-state index >= 15 is 0 Å². The highest BCUT2D eigenvalue weighted by atomic mass is 19.4. The quantitative estimate of drug-likeness (QED) is 0.793. The van der Waals surface area contributed by atoms with Crippen LogP contribution in [0, 0.1) is 0 Å². The standard InChI is InChI=1S/C10H13F3N2O/c1-8(9-4-2-3-5-15-9)14-6-7-16-10(11,12)13/h2-5,8,14H,6-7H2,1H3. The normalized spacial score (nSPS) is 13.8. The Balaban J connectivity index is 2.24. The zero-order valence-corrected chi connectivity index (χ0v) is 8.79. The summed E-state index contributed by atoms with van der Waals surface area (Å²) in [6.45, 7) is 1.55. The Morgan fingerprint density at radius 2 is 2.19 bits per heavy atom. The molecule has 0 aliphatic heterocycles. The molecule has 90 valence electrons. The van der Waals surface area contributed by atoms with Crippen LogP contribution in [0.15, 0.2) is 24.4 Å². The van der Waals surface area contributed by atoms with E-state index in [-0.39, 0.29) is 12.6 Å². The van der Waals surface area contributed by atoms with Crippen molar-refractivity contribution < 1.29 is 17.9 Å². The SMILES string of the molecule is CC(NCCOC(F)(F)F)c1ccccn1. The van der Waals surface area contributed by atoms with E-state index in [4.69, 9.17) is 0 Å². The summed E-state index contributed by atoms with van der Waals surface area (Å²) >= 11 is 0. The van der Waals surface area contributed by atoms with E-state index in [1.165, 1.54) is 0 Å². The van der Waals surface area contributed by atoms with E-state index in [2.05, 4.69) is 15.0 Å². The minimum atomic E-state index is -4.56. The predicted octanol–water partition coefficient (Wildman–Crippen LogP) is 2.27. The molecule has 1 N–H and O–H groups in total. The Morgan fingerprint density at radius 3 is 2.75 bits per heavy atom. The highest BCUT2D eigenvalue weighted by Crippen LogP contribution is 2.15. The third kappa shape index (κ3) is 5.09. The Labute approximate surface area is 91.6 Å². The van der Waals surface area contributed by atoms with Crippen LogP contribution < -0.4 is 5.32 Å². The van der Waals surface area contributed by atoms with Crippen LogP contribution >= 0.6 is 0 Å². The minimum Gasteiger partial charge on any atom is -0.307 e. The van der Waals surface area contributed by atoms with Gasteiger partial charge >= 0.3 is 6.36 Å². The van der Waals surface area contributed by atoms with Crippen molar-refractivity contribution in [1.29, 1.82) is 0 Å². The number of aromatic nitrogens is 1. The van der Waals surface area contributed by atoms with Crippen LogP contribution in [-0.4, -0.2) is 24.5 Å². The number of rotatable bonds is 5. The van der Waals surface area contributed by atoms with Gasteiger partial charge in [-0.25, -0.2) is 0 Å². The number of hydrogen-bond acceptors (Lipinski definition) is 3. The van der Waals surface area contributed by atoms with Crippen molar-refractivity contribution in [1.82, 2.24) is 10.3 Å². The van der Waals surface area contributed by atoms with Crippen LogP contribution in [0.2, 0.25) is 0 Å². The van der Waals surface area contributed by atoms with Gasteiger partial charge in [0, 0.05) is 18.8 Å². The summed E-state index contributed by atoms with van der Waals surface area (Å²) in [4.78, 5) is 4.08. The summed E-state index contributed by atoms with van der Waals surface area (Å²) in [6.07, 6.45) is -2.92. The summed E-state index contributed by atoms with van der Waals surface area (Å²) in [6, 6.07) is 5.32. The molecule has 0 amide bonds. The molecule has 1 heterocycles. The van der Waals surface area contributed by atoms with Crippen molar-refractivity contribution in [3.05, 3.63) is 30.1 Å². The van der Waals surface area contributed by atoms with E-state index in [9.17, 15) is 13.2 Å². The molecule has 1 aromatic heterocycles. The molecule has 0 aliphatic rings. The average Bonchev–Trinajstić information content (AvgIpc) is 2.24. The molecule has 1 aromatic rings. The van der Waals surface area contributed by atoms with Crippen LogP contribution in [0.1, 0.15) is 18.7 Å². The van der Waals surface area contributed by atoms with Gasteiger partial charge < -0.3 is 5.32 Å². The molecule has 6 heteroatoms. The summed E-state index contributed by atoms with van der Waals surface area (Å²) < 4.78 is 38.6. The minimum absolute atomic E-state index is 0.0990. The van der Waals surface area contributed by atoms with Crippen molar-refractivity contribution >= 4 is 0 Å². The number of hydrogen-bond donors (Lipinski definition) is 1. The van der Waals surface area contributed by atoms with Gasteiger partial charge in [0.1, 0.15) is 0 Å². The second kappa shape index (κ2) is 5.81. The fraction of sp³-hybridized carbons (Fsp3) is 0.500. The largest absolute Gasteiger partial charge is 0.522 e. The average molecular weight is 234 g/mol. The molecule has 0 aliphatic carbocycles. The fourth-order valence-corrected chi connectivity index (χ4v) is 1.18. The van der Waals surface area contributed by atoms with Crippen molar-refractivity contribution in [2.45, 2.75) is 19.3 Å². The molecule has 0 saturated carbocycles. The summed E-state index contributed by atoms with van der Waals surface area (Å²) in [5.74, 6) is 0. The molecule has 0 aromatic carbocycles. The molecule has 1 unspecified atom stereocenters. The topological polar surface area (TPSA) is 34.1 Å². The van der Waals surface area contributed by atoms with Gasteiger partial charge in [0.15, 0.2) is 0 Å². The van der Waals surface area contributed by atoms with Crippen LogP contribution in [0.3, 0.4) is 0 Å². The van der Waals surface area contributed by atoms with Crippen LogP contribution in [0.25, 0.3) is 0 Å². The number of halogens is 3. The Bertz CT molecular complexity index is 303. The number of nitrogens with zero attached hydrogens (tertiary/aromatic N) is 1. The molecule has 0 saturated heterocycles. The first-order valence-corrected chi connectivity index (χ1v) is 4.84. The van der Waals surface area contributed by atoms with Gasteiger partial charge in [-0.3, -0.25) is 9.72 Å². The predicted molar refractivity (Wildman–Crippen MR) is 52.7 cm³/mol. The van der Waals surface area contributed by atoms with E-state index in [1.807, 2.05) is 19.1 Å². The lowest BCUT2D eigenvalue weighted by Crippen LogP contribution is -2.26. The Kier molecular flexibility index (Phi) is 4.70. The zero-order chi connectivity index (χ0) is 12.0. The van der Waals surface area contributed by atoms with Crippen LogP contribution in [0.4, 0.5) is 13.2 Å². The van der Waals surface area contributed by atoms with Crippen molar-refractivity contribution in [2.75, 3.05) is 13.2 Å². The van der Waals surface area contributed by atoms with Gasteiger partial charge in [-0.15, -0.1) is 13.2 Å². The van der Waals surface area contributed by atoms with E-state index in [0.717, 1.165) is 5.69 Å². The highest BCUT2D eigenvalue weighted by molar-refractivity contribution is 5.07. The number of ether oxygens (including phenoxy) is 1. The molecular weight excluding hydrogens is 221 g/mol.